The van der Waals surface area contributed by atoms with Crippen molar-refractivity contribution in [2.45, 2.75) is 64.4 Å². The van der Waals surface area contributed by atoms with Gasteiger partial charge in [0.15, 0.2) is 0 Å². The first-order valence-corrected chi connectivity index (χ1v) is 13.2. The van der Waals surface area contributed by atoms with Crippen molar-refractivity contribution in [2.75, 3.05) is 6.54 Å². The van der Waals surface area contributed by atoms with Crippen LogP contribution in [0.15, 0.2) is 53.4 Å². The quantitative estimate of drug-likeness (QED) is 0.570. The predicted molar refractivity (Wildman–Crippen MR) is 133 cm³/mol. The first-order valence-electron chi connectivity index (χ1n) is 11.7. The van der Waals surface area contributed by atoms with Gasteiger partial charge in [-0.2, -0.15) is 9.40 Å². The third kappa shape index (κ3) is 4.65. The second-order valence-electron chi connectivity index (χ2n) is 9.02. The van der Waals surface area contributed by atoms with Gasteiger partial charge in [0, 0.05) is 36.0 Å². The molecule has 8 heteroatoms. The lowest BCUT2D eigenvalue weighted by molar-refractivity contribution is 0.0950. The van der Waals surface area contributed by atoms with Gasteiger partial charge in [-0.3, -0.25) is 4.79 Å². The van der Waals surface area contributed by atoms with Crippen molar-refractivity contribution in [3.8, 4) is 5.69 Å². The molecule has 34 heavy (non-hydrogen) atoms. The summed E-state index contributed by atoms with van der Waals surface area (Å²) in [6, 6.07) is 14.6. The molecular formula is C26H32N4O3S. The van der Waals surface area contributed by atoms with Crippen molar-refractivity contribution in [1.29, 1.82) is 0 Å². The van der Waals surface area contributed by atoms with Crippen LogP contribution < -0.4 is 5.32 Å². The third-order valence-corrected chi connectivity index (χ3v) is 8.68. The molecule has 1 N–H and O–H groups in total. The maximum atomic E-state index is 13.3. The minimum atomic E-state index is -3.65. The Kier molecular flexibility index (Phi) is 6.91. The Balaban J connectivity index is 1.55. The molecule has 180 valence electrons. The number of hydrogen-bond acceptors (Lipinski definition) is 4. The Morgan fingerprint density at radius 3 is 2.53 bits per heavy atom. The van der Waals surface area contributed by atoms with E-state index in [9.17, 15) is 13.2 Å². The largest absolute Gasteiger partial charge is 0.348 e. The summed E-state index contributed by atoms with van der Waals surface area (Å²) in [5.74, 6) is -0.299. The summed E-state index contributed by atoms with van der Waals surface area (Å²) in [5, 5.41) is 7.60. The molecule has 7 nitrogen and oxygen atoms in total. The molecule has 2 heterocycles. The topological polar surface area (TPSA) is 84.3 Å². The minimum Gasteiger partial charge on any atom is -0.348 e. The number of amides is 1. The number of para-hydroxylation sites is 1. The Morgan fingerprint density at radius 2 is 1.82 bits per heavy atom. The highest BCUT2D eigenvalue weighted by Gasteiger charge is 2.31. The molecule has 1 atom stereocenters. The van der Waals surface area contributed by atoms with Gasteiger partial charge >= 0.3 is 0 Å². The maximum absolute atomic E-state index is 13.3. The second kappa shape index (κ2) is 9.72. The maximum Gasteiger partial charge on any atom is 0.251 e. The van der Waals surface area contributed by atoms with Gasteiger partial charge in [-0.05, 0) is 70.4 Å². The van der Waals surface area contributed by atoms with Gasteiger partial charge in [-0.1, -0.05) is 30.7 Å². The summed E-state index contributed by atoms with van der Waals surface area (Å²) in [5.41, 5.74) is 4.81. The van der Waals surface area contributed by atoms with Gasteiger partial charge in [-0.25, -0.2) is 13.1 Å². The van der Waals surface area contributed by atoms with Gasteiger partial charge < -0.3 is 5.32 Å². The van der Waals surface area contributed by atoms with Crippen LogP contribution in [0.4, 0.5) is 0 Å². The summed E-state index contributed by atoms with van der Waals surface area (Å²) in [6.07, 6.45) is 2.75. The molecule has 1 amide bonds. The number of carbonyl (C=O) groups is 1. The summed E-state index contributed by atoms with van der Waals surface area (Å²) >= 11 is 0. The molecule has 1 fully saturated rings. The van der Waals surface area contributed by atoms with Crippen molar-refractivity contribution in [2.24, 2.45) is 0 Å². The van der Waals surface area contributed by atoms with Gasteiger partial charge in [0.2, 0.25) is 10.0 Å². The van der Waals surface area contributed by atoms with E-state index in [1.165, 1.54) is 6.07 Å². The normalized spacial score (nSPS) is 17.0. The summed E-state index contributed by atoms with van der Waals surface area (Å²) in [4.78, 5) is 13.3. The van der Waals surface area contributed by atoms with E-state index in [1.807, 2.05) is 62.7 Å². The summed E-state index contributed by atoms with van der Waals surface area (Å²) < 4.78 is 30.0. The van der Waals surface area contributed by atoms with Crippen molar-refractivity contribution in [3.63, 3.8) is 0 Å². The molecule has 0 radical (unpaired) electrons. The van der Waals surface area contributed by atoms with Crippen LogP contribution in [0, 0.1) is 20.8 Å². The summed E-state index contributed by atoms with van der Waals surface area (Å²) in [7, 11) is -3.65. The smallest absolute Gasteiger partial charge is 0.251 e. The van der Waals surface area contributed by atoms with Crippen LogP contribution >= 0.6 is 0 Å². The molecule has 2 aromatic carbocycles. The van der Waals surface area contributed by atoms with E-state index in [0.717, 1.165) is 47.5 Å². The van der Waals surface area contributed by atoms with E-state index >= 15 is 0 Å². The molecular weight excluding hydrogens is 448 g/mol. The number of nitrogens with one attached hydrogen (secondary N) is 1. The number of nitrogens with zero attached hydrogens (tertiary/aromatic N) is 3. The van der Waals surface area contributed by atoms with E-state index in [2.05, 4.69) is 10.4 Å². The Bertz CT molecular complexity index is 1300. The zero-order valence-electron chi connectivity index (χ0n) is 20.2. The fourth-order valence-electron chi connectivity index (χ4n) is 4.59. The number of rotatable bonds is 6. The molecule has 1 aliphatic rings. The van der Waals surface area contributed by atoms with Gasteiger partial charge in [0.25, 0.3) is 5.91 Å². The average molecular weight is 481 g/mol. The van der Waals surface area contributed by atoms with Crippen molar-refractivity contribution in [1.82, 2.24) is 19.4 Å². The summed E-state index contributed by atoms with van der Waals surface area (Å²) in [6.45, 7) is 8.49. The third-order valence-electron chi connectivity index (χ3n) is 6.67. The molecule has 1 aliphatic heterocycles. The number of sulfonamides is 1. The lowest BCUT2D eigenvalue weighted by Gasteiger charge is -2.32. The lowest BCUT2D eigenvalue weighted by atomic mass is 10.1. The Hall–Kier alpha value is -2.97. The molecule has 0 bridgehead atoms. The molecule has 0 unspecified atom stereocenters. The highest BCUT2D eigenvalue weighted by atomic mass is 32.2. The standard InChI is InChI=1S/C26H32N4O3S/c1-18-13-14-23(34(32,33)29-15-9-8-10-19(29)2)16-24(18)26(31)27-17-25-20(3)28-30(21(25)4)22-11-6-5-7-12-22/h5-7,11-14,16,19H,8-10,15,17H2,1-4H3,(H,27,31)/t19-/m0/s1. The number of piperidine rings is 1. The molecule has 0 spiro atoms. The minimum absolute atomic E-state index is 0.0376. The number of aryl methyl sites for hydroxylation is 2. The second-order valence-corrected chi connectivity index (χ2v) is 10.9. The van der Waals surface area contributed by atoms with Crippen LogP contribution in [0.5, 0.6) is 0 Å². The zero-order chi connectivity index (χ0) is 24.5. The van der Waals surface area contributed by atoms with E-state index in [4.69, 9.17) is 0 Å². The molecule has 0 aliphatic carbocycles. The van der Waals surface area contributed by atoms with Crippen molar-refractivity contribution < 1.29 is 13.2 Å². The van der Waals surface area contributed by atoms with E-state index < -0.39 is 10.0 Å². The van der Waals surface area contributed by atoms with Crippen molar-refractivity contribution >= 4 is 15.9 Å². The molecule has 3 aromatic rings. The van der Waals surface area contributed by atoms with Gasteiger partial charge in [0.1, 0.15) is 0 Å². The predicted octanol–water partition coefficient (Wildman–Crippen LogP) is 4.29. The SMILES string of the molecule is Cc1ccc(S(=O)(=O)N2CCCC[C@@H]2C)cc1C(=O)NCc1c(C)nn(-c2ccccc2)c1C. The van der Waals surface area contributed by atoms with Crippen molar-refractivity contribution in [3.05, 3.63) is 76.6 Å². The number of hydrogen-bond donors (Lipinski definition) is 1. The van der Waals surface area contributed by atoms with Crippen LogP contribution in [0.25, 0.3) is 5.69 Å². The van der Waals surface area contributed by atoms with Crippen LogP contribution in [-0.4, -0.2) is 41.0 Å². The van der Waals surface area contributed by atoms with Crippen LogP contribution in [0.1, 0.15) is 59.1 Å². The highest BCUT2D eigenvalue weighted by Crippen LogP contribution is 2.26. The van der Waals surface area contributed by atoms with Gasteiger partial charge in [-0.15, -0.1) is 0 Å². The monoisotopic (exact) mass is 480 g/mol. The fourth-order valence-corrected chi connectivity index (χ4v) is 6.31. The van der Waals surface area contributed by atoms with E-state index in [0.29, 0.717) is 18.7 Å². The first-order chi connectivity index (χ1) is 16.2. The number of aromatic nitrogens is 2. The van der Waals surface area contributed by atoms with Crippen LogP contribution in [0.2, 0.25) is 0 Å². The fraction of sp³-hybridized carbons (Fsp3) is 0.385. The van der Waals surface area contributed by atoms with E-state index in [-0.39, 0.29) is 16.8 Å². The number of carbonyl (C=O) groups excluding carboxylic acids is 1. The Labute approximate surface area is 201 Å². The molecule has 0 saturated carbocycles. The molecule has 4 rings (SSSR count). The van der Waals surface area contributed by atoms with Gasteiger partial charge in [0.05, 0.1) is 16.3 Å². The van der Waals surface area contributed by atoms with Crippen LogP contribution in [0.3, 0.4) is 0 Å². The molecule has 1 aromatic heterocycles. The lowest BCUT2D eigenvalue weighted by Crippen LogP contribution is -2.42. The highest BCUT2D eigenvalue weighted by molar-refractivity contribution is 7.89. The zero-order valence-corrected chi connectivity index (χ0v) is 21.0. The number of benzene rings is 2. The first kappa shape index (κ1) is 24.2. The Morgan fingerprint density at radius 1 is 1.09 bits per heavy atom. The van der Waals surface area contributed by atoms with Crippen LogP contribution in [-0.2, 0) is 16.6 Å². The van der Waals surface area contributed by atoms with E-state index in [1.54, 1.807) is 16.4 Å². The molecule has 1 saturated heterocycles. The average Bonchev–Trinajstić information content (AvgIpc) is 3.11.